The minimum absolute atomic E-state index is 0.0153. The number of hydrogen-bond acceptors (Lipinski definition) is 16. The lowest BCUT2D eigenvalue weighted by Crippen LogP contribution is -2.48. The van der Waals surface area contributed by atoms with Gasteiger partial charge < -0.3 is 40.5 Å². The van der Waals surface area contributed by atoms with E-state index in [2.05, 4.69) is 50.5 Å². The van der Waals surface area contributed by atoms with Crippen molar-refractivity contribution < 1.29 is 38.2 Å². The van der Waals surface area contributed by atoms with E-state index < -0.39 is 0 Å². The second kappa shape index (κ2) is 25.5. The Labute approximate surface area is 458 Å². The number of rotatable bonds is 25. The summed E-state index contributed by atoms with van der Waals surface area (Å²) in [6.07, 6.45) is 9.53. The van der Waals surface area contributed by atoms with E-state index in [0.717, 1.165) is 85.7 Å². The number of aryl methyl sites for hydroxylation is 1. The Bertz CT molecular complexity index is 2780. The Morgan fingerprint density at radius 1 is 0.605 bits per heavy atom. The molecule has 8 heterocycles. The predicted molar refractivity (Wildman–Crippen MR) is 296 cm³/mol. The highest BCUT2D eigenvalue weighted by atomic mass is 32.1. The van der Waals surface area contributed by atoms with Gasteiger partial charge in [-0.05, 0) is 91.7 Å². The third-order valence-electron chi connectivity index (χ3n) is 14.2. The maximum absolute atomic E-state index is 13.1. The number of nitrogens with one attached hydrogen (secondary N) is 4. The summed E-state index contributed by atoms with van der Waals surface area (Å²) in [5.74, 6) is 0.559. The molecule has 0 aliphatic carbocycles. The van der Waals surface area contributed by atoms with Crippen LogP contribution in [0.5, 0.6) is 0 Å². The van der Waals surface area contributed by atoms with Crippen LogP contribution in [0, 0.1) is 0 Å². The molecular formula is C56H62N8O8S4. The summed E-state index contributed by atoms with van der Waals surface area (Å²) in [5, 5.41) is 15.1. The number of carbonyl (C=O) groups is 6. The van der Waals surface area contributed by atoms with Gasteiger partial charge in [-0.2, -0.15) is 0 Å². The Hall–Kier alpha value is -5.84. The van der Waals surface area contributed by atoms with Crippen LogP contribution < -0.4 is 21.3 Å². The fourth-order valence-corrected chi connectivity index (χ4v) is 13.5. The maximum atomic E-state index is 13.1. The van der Waals surface area contributed by atoms with E-state index in [-0.39, 0.29) is 72.1 Å². The molecule has 2 aromatic carbocycles. The van der Waals surface area contributed by atoms with E-state index in [1.54, 1.807) is 34.8 Å². The highest BCUT2D eigenvalue weighted by Crippen LogP contribution is 2.38. The Morgan fingerprint density at radius 2 is 1.17 bits per heavy atom. The van der Waals surface area contributed by atoms with Crippen molar-refractivity contribution in [1.82, 2.24) is 35.7 Å². The van der Waals surface area contributed by atoms with Gasteiger partial charge >= 0.3 is 0 Å². The number of thiazole rings is 2. The summed E-state index contributed by atoms with van der Waals surface area (Å²) in [7, 11) is 0. The van der Waals surface area contributed by atoms with Gasteiger partial charge in [-0.15, -0.1) is 45.3 Å². The number of carbonyl (C=O) groups excluding carboxylic acids is 6. The number of anilines is 1. The summed E-state index contributed by atoms with van der Waals surface area (Å²) in [5.41, 5.74) is 4.18. The van der Waals surface area contributed by atoms with Crippen LogP contribution in [-0.2, 0) is 48.0 Å². The Kier molecular flexibility index (Phi) is 18.0. The Balaban J connectivity index is 0.542. The van der Waals surface area contributed by atoms with Crippen LogP contribution in [0.3, 0.4) is 0 Å². The number of aromatic nitrogens is 2. The lowest BCUT2D eigenvalue weighted by molar-refractivity contribution is -0.123. The first-order chi connectivity index (χ1) is 37.1. The number of Topliss-reactive ketones (excluding diaryl/α,β-unsaturated/α-hetero) is 2. The molecule has 0 saturated carbocycles. The molecule has 20 heteroatoms. The summed E-state index contributed by atoms with van der Waals surface area (Å²) in [6, 6.07) is 23.4. The molecule has 4 aliphatic rings. The van der Waals surface area contributed by atoms with Gasteiger partial charge in [-0.3, -0.25) is 28.8 Å². The molecular weight excluding hydrogens is 1040 g/mol. The van der Waals surface area contributed by atoms with E-state index in [4.69, 9.17) is 14.5 Å². The highest BCUT2D eigenvalue weighted by molar-refractivity contribution is 7.18. The molecule has 2 atom stereocenters. The minimum atomic E-state index is -0.170. The van der Waals surface area contributed by atoms with Crippen molar-refractivity contribution >= 4 is 85.5 Å². The molecule has 4 aliphatic heterocycles. The summed E-state index contributed by atoms with van der Waals surface area (Å²) < 4.78 is 11.2. The topological polar surface area (TPSA) is 201 Å². The van der Waals surface area contributed by atoms with Gasteiger partial charge in [-0.1, -0.05) is 48.5 Å². The molecule has 76 heavy (non-hydrogen) atoms. The van der Waals surface area contributed by atoms with Gasteiger partial charge in [0.1, 0.15) is 5.78 Å². The largest absolute Gasteiger partial charge is 0.379 e. The second-order valence-corrected chi connectivity index (χ2v) is 24.1. The fourth-order valence-electron chi connectivity index (χ4n) is 9.60. The average molecular weight is 1100 g/mol. The smallest absolute Gasteiger partial charge is 0.264 e. The van der Waals surface area contributed by atoms with Crippen molar-refractivity contribution in [3.8, 4) is 20.9 Å². The third-order valence-corrected chi connectivity index (χ3v) is 18.7. The number of thiophene rings is 2. The van der Waals surface area contributed by atoms with Crippen LogP contribution >= 0.6 is 45.3 Å². The molecule has 4 N–H and O–H groups in total. The van der Waals surface area contributed by atoms with E-state index in [9.17, 15) is 28.8 Å². The van der Waals surface area contributed by atoms with E-state index >= 15 is 0 Å². The first-order valence-electron chi connectivity index (χ1n) is 26.2. The van der Waals surface area contributed by atoms with Crippen molar-refractivity contribution in [2.75, 3.05) is 71.0 Å². The Morgan fingerprint density at radius 3 is 1.78 bits per heavy atom. The molecule has 0 radical (unpaired) electrons. The van der Waals surface area contributed by atoms with E-state index in [1.807, 2.05) is 58.6 Å². The first-order valence-corrected chi connectivity index (χ1v) is 29.5. The van der Waals surface area contributed by atoms with Crippen molar-refractivity contribution in [3.63, 3.8) is 0 Å². The van der Waals surface area contributed by atoms with Crippen molar-refractivity contribution in [1.29, 1.82) is 0 Å². The highest BCUT2D eigenvalue weighted by Gasteiger charge is 2.36. The van der Waals surface area contributed by atoms with Crippen LogP contribution in [0.1, 0.15) is 102 Å². The molecule has 0 bridgehead atoms. The minimum Gasteiger partial charge on any atom is -0.379 e. The lowest BCUT2D eigenvalue weighted by atomic mass is 10.0. The van der Waals surface area contributed by atoms with Crippen molar-refractivity contribution in [2.24, 2.45) is 0 Å². The zero-order chi connectivity index (χ0) is 52.4. The lowest BCUT2D eigenvalue weighted by Gasteiger charge is -2.37. The van der Waals surface area contributed by atoms with Gasteiger partial charge in [0.15, 0.2) is 5.78 Å². The van der Waals surface area contributed by atoms with Gasteiger partial charge in [0.2, 0.25) is 11.8 Å². The normalized spacial score (nSPS) is 17.6. The second-order valence-electron chi connectivity index (χ2n) is 19.7. The fraction of sp³-hybridized carbons (Fsp3) is 0.429. The van der Waals surface area contributed by atoms with Crippen LogP contribution in [0.4, 0.5) is 5.00 Å². The van der Waals surface area contributed by atoms with Crippen LogP contribution in [-0.4, -0.2) is 133 Å². The summed E-state index contributed by atoms with van der Waals surface area (Å²) in [6.45, 7) is 5.89. The first kappa shape index (κ1) is 53.6. The third kappa shape index (κ3) is 13.8. The van der Waals surface area contributed by atoms with Crippen LogP contribution in [0.25, 0.3) is 20.9 Å². The molecule has 0 unspecified atom stereocenters. The van der Waals surface area contributed by atoms with Crippen molar-refractivity contribution in [3.05, 3.63) is 121 Å². The van der Waals surface area contributed by atoms with Crippen molar-refractivity contribution in [2.45, 2.75) is 88.3 Å². The molecule has 0 spiro atoms. The van der Waals surface area contributed by atoms with Gasteiger partial charge in [0.05, 0.1) is 73.0 Å². The molecule has 398 valence electrons. The predicted octanol–water partition coefficient (Wildman–Crippen LogP) is 7.72. The molecule has 4 fully saturated rings. The number of likely N-dealkylation sites (tertiary alicyclic amines) is 2. The SMILES string of the molecule is O=C(CCOCCOCCC(=O)NCc1ccc(-c2cnc(C3CN(C(=O)c4ccc(NC(=O)[C@@H]5CCCN5)s4)C3)s2)cc1)CCc1ccc(-c2cnc(C3CN(C(=O)c4ccc(CC(=O)[C@@H]5CCCN5)s4)C3)s2)cc1. The van der Waals surface area contributed by atoms with Gasteiger partial charge in [0.25, 0.3) is 11.8 Å². The van der Waals surface area contributed by atoms with Crippen LogP contribution in [0.2, 0.25) is 0 Å². The molecule has 16 nitrogen and oxygen atoms in total. The quantitative estimate of drug-likeness (QED) is 0.0408. The van der Waals surface area contributed by atoms with Gasteiger partial charge in [-0.25, -0.2) is 9.97 Å². The molecule has 10 rings (SSSR count). The summed E-state index contributed by atoms with van der Waals surface area (Å²) in [4.78, 5) is 93.8. The van der Waals surface area contributed by atoms with E-state index in [1.165, 1.54) is 22.7 Å². The number of ether oxygens (including phenoxy) is 2. The average Bonchev–Trinajstić information content (AvgIpc) is 4.27. The number of ketones is 2. The molecule has 6 aromatic rings. The number of nitrogens with zero attached hydrogens (tertiary/aromatic N) is 4. The summed E-state index contributed by atoms with van der Waals surface area (Å²) >= 11 is 6.02. The monoisotopic (exact) mass is 1100 g/mol. The number of amides is 4. The number of hydrogen-bond donors (Lipinski definition) is 4. The van der Waals surface area contributed by atoms with E-state index in [0.29, 0.717) is 93.0 Å². The molecule has 4 saturated heterocycles. The van der Waals surface area contributed by atoms with Crippen LogP contribution in [0.15, 0.2) is 85.2 Å². The zero-order valence-corrected chi connectivity index (χ0v) is 45.5. The zero-order valence-electron chi connectivity index (χ0n) is 42.2. The van der Waals surface area contributed by atoms with Gasteiger partial charge in [0, 0.05) is 87.5 Å². The molecule has 4 aromatic heterocycles. The number of benzene rings is 2. The standard InChI is InChI=1S/C56H62N8O8S4/c65-41(14-9-35-5-10-37(11-6-35)48-29-60-53(75-48)39-31-63(32-39)55(69)46-16-15-42(73-46)27-45(66)43-3-1-21-57-43)19-23-71-25-26-72-24-20-50(67)59-28-36-7-12-38(13-8-36)49-30-61-54(76-49)40-33-64(34-40)56(70)47-17-18-51(74-47)62-52(68)44-4-2-22-58-44/h5-8,10-13,15-18,29-30,39-40,43-44,57-58H,1-4,9,14,19-28,31-34H2,(H,59,67)(H,62,68)/t43-,44-/m0/s1. The maximum Gasteiger partial charge on any atom is 0.264 e. The molecule has 4 amide bonds.